The fourth-order valence-electron chi connectivity index (χ4n) is 1.26. The lowest BCUT2D eigenvalue weighted by Gasteiger charge is -2.04. The Morgan fingerprint density at radius 1 is 1.33 bits per heavy atom. The number of carbonyl (C=O) groups is 1. The number of rotatable bonds is 2. The maximum Gasteiger partial charge on any atom is 0.586 e. The first-order valence-electron chi connectivity index (χ1n) is 3.99. The number of thioether (sulfide) groups is 1. The molecule has 15 heavy (non-hydrogen) atoms. The minimum Gasteiger partial charge on any atom is -0.395 e. The summed E-state index contributed by atoms with van der Waals surface area (Å²) < 4.78 is 33.8. The highest BCUT2D eigenvalue weighted by Gasteiger charge is 2.43. The van der Waals surface area contributed by atoms with Crippen LogP contribution < -0.4 is 9.47 Å². The molecule has 3 nitrogen and oxygen atoms in total. The van der Waals surface area contributed by atoms with Gasteiger partial charge in [-0.25, -0.2) is 0 Å². The molecule has 6 heteroatoms. The van der Waals surface area contributed by atoms with Crippen molar-refractivity contribution in [3.63, 3.8) is 0 Å². The van der Waals surface area contributed by atoms with Crippen LogP contribution in [0.4, 0.5) is 8.78 Å². The summed E-state index contributed by atoms with van der Waals surface area (Å²) in [4.78, 5) is 11.2. The summed E-state index contributed by atoms with van der Waals surface area (Å²) in [5.41, 5.74) is 0.308. The molecule has 1 heterocycles. The Labute approximate surface area is 88.4 Å². The fraction of sp³-hybridized carbons (Fsp3) is 0.222. The highest BCUT2D eigenvalue weighted by atomic mass is 32.2. The van der Waals surface area contributed by atoms with Crippen LogP contribution in [-0.4, -0.2) is 18.8 Å². The summed E-state index contributed by atoms with van der Waals surface area (Å²) in [6.07, 6.45) is -1.31. The van der Waals surface area contributed by atoms with Gasteiger partial charge >= 0.3 is 6.29 Å². The number of ether oxygens (including phenoxy) is 2. The van der Waals surface area contributed by atoms with Crippen molar-refractivity contribution in [3.8, 4) is 11.5 Å². The standard InChI is InChI=1S/C9H6F2O3S/c1-15-8-3-7-6(2-5(8)4-12)13-9(10,11)14-7/h2-4H,1H3. The largest absolute Gasteiger partial charge is 0.586 e. The molecule has 0 spiro atoms. The highest BCUT2D eigenvalue weighted by Crippen LogP contribution is 2.43. The predicted molar refractivity (Wildman–Crippen MR) is 49.8 cm³/mol. The first-order chi connectivity index (χ1) is 7.05. The van der Waals surface area contributed by atoms with E-state index < -0.39 is 6.29 Å². The lowest BCUT2D eigenvalue weighted by atomic mass is 10.2. The zero-order valence-electron chi connectivity index (χ0n) is 7.62. The summed E-state index contributed by atoms with van der Waals surface area (Å²) in [5, 5.41) is 0. The van der Waals surface area contributed by atoms with Crippen molar-refractivity contribution in [2.75, 3.05) is 6.26 Å². The Morgan fingerprint density at radius 3 is 2.47 bits per heavy atom. The van der Waals surface area contributed by atoms with Crippen LogP contribution in [0, 0.1) is 0 Å². The van der Waals surface area contributed by atoms with Crippen LogP contribution in [0.15, 0.2) is 17.0 Å². The molecule has 0 aromatic heterocycles. The zero-order valence-corrected chi connectivity index (χ0v) is 8.44. The van der Waals surface area contributed by atoms with E-state index in [1.54, 1.807) is 6.26 Å². The normalized spacial score (nSPS) is 16.5. The lowest BCUT2D eigenvalue weighted by Crippen LogP contribution is -2.25. The summed E-state index contributed by atoms with van der Waals surface area (Å²) in [5.74, 6) is -0.158. The minimum atomic E-state index is -3.64. The fourth-order valence-corrected chi connectivity index (χ4v) is 1.83. The Morgan fingerprint density at radius 2 is 1.93 bits per heavy atom. The lowest BCUT2D eigenvalue weighted by molar-refractivity contribution is -0.286. The van der Waals surface area contributed by atoms with Crippen LogP contribution in [0.1, 0.15) is 10.4 Å². The zero-order chi connectivity index (χ0) is 11.1. The van der Waals surface area contributed by atoms with E-state index in [0.29, 0.717) is 16.7 Å². The molecule has 0 atom stereocenters. The third-order valence-corrected chi connectivity index (χ3v) is 2.67. The number of hydrogen-bond acceptors (Lipinski definition) is 4. The van der Waals surface area contributed by atoms with Crippen LogP contribution in [0.3, 0.4) is 0 Å². The van der Waals surface area contributed by atoms with E-state index in [1.165, 1.54) is 23.9 Å². The second-order valence-electron chi connectivity index (χ2n) is 2.83. The first-order valence-corrected chi connectivity index (χ1v) is 5.21. The Bertz CT molecular complexity index is 420. The van der Waals surface area contributed by atoms with Gasteiger partial charge in [0.25, 0.3) is 0 Å². The molecule has 1 aromatic rings. The molecule has 1 aliphatic heterocycles. The second kappa shape index (κ2) is 3.37. The number of hydrogen-bond donors (Lipinski definition) is 0. The van der Waals surface area contributed by atoms with E-state index in [9.17, 15) is 13.6 Å². The van der Waals surface area contributed by atoms with Gasteiger partial charge in [-0.1, -0.05) is 0 Å². The monoisotopic (exact) mass is 232 g/mol. The average molecular weight is 232 g/mol. The van der Waals surface area contributed by atoms with Gasteiger partial charge in [0.15, 0.2) is 17.8 Å². The summed E-state index contributed by atoms with van der Waals surface area (Å²) in [7, 11) is 0. The molecule has 0 amide bonds. The van der Waals surface area contributed by atoms with Gasteiger partial charge in [0.2, 0.25) is 0 Å². The molecule has 0 N–H and O–H groups in total. The van der Waals surface area contributed by atoms with Crippen LogP contribution in [-0.2, 0) is 0 Å². The van der Waals surface area contributed by atoms with E-state index in [0.717, 1.165) is 0 Å². The number of fused-ring (bicyclic) bond motifs is 1. The molecule has 0 saturated carbocycles. The van der Waals surface area contributed by atoms with Gasteiger partial charge in [0.05, 0.1) is 0 Å². The minimum absolute atomic E-state index is 0.0463. The van der Waals surface area contributed by atoms with Crippen molar-refractivity contribution in [1.82, 2.24) is 0 Å². The second-order valence-corrected chi connectivity index (χ2v) is 3.67. The molecule has 80 valence electrons. The Kier molecular flexibility index (Phi) is 2.30. The molecule has 1 aliphatic rings. The third-order valence-electron chi connectivity index (χ3n) is 1.88. The van der Waals surface area contributed by atoms with Crippen molar-refractivity contribution < 1.29 is 23.0 Å². The van der Waals surface area contributed by atoms with E-state index in [-0.39, 0.29) is 11.5 Å². The molecular formula is C9H6F2O3S. The van der Waals surface area contributed by atoms with Gasteiger partial charge in [-0.2, -0.15) is 0 Å². The number of carbonyl (C=O) groups excluding carboxylic acids is 1. The van der Waals surface area contributed by atoms with Crippen LogP contribution in [0.25, 0.3) is 0 Å². The van der Waals surface area contributed by atoms with Crippen LogP contribution in [0.5, 0.6) is 11.5 Å². The molecule has 0 unspecified atom stereocenters. The number of benzene rings is 1. The van der Waals surface area contributed by atoms with Gasteiger partial charge in [0, 0.05) is 10.5 Å². The number of halogens is 2. The smallest absolute Gasteiger partial charge is 0.395 e. The molecule has 0 fully saturated rings. The molecule has 2 rings (SSSR count). The molecule has 1 aromatic carbocycles. The summed E-state index contributed by atoms with van der Waals surface area (Å²) in [6.45, 7) is 0. The van der Waals surface area contributed by atoms with Crippen molar-refractivity contribution in [2.45, 2.75) is 11.2 Å². The Hall–Kier alpha value is -1.30. The number of alkyl halides is 2. The molecular weight excluding hydrogens is 226 g/mol. The van der Waals surface area contributed by atoms with Crippen molar-refractivity contribution in [2.24, 2.45) is 0 Å². The van der Waals surface area contributed by atoms with E-state index in [1.807, 2.05) is 0 Å². The quantitative estimate of drug-likeness (QED) is 0.580. The predicted octanol–water partition coefficient (Wildman–Crippen LogP) is 2.54. The SMILES string of the molecule is CSc1cc2c(cc1C=O)OC(F)(F)O2. The van der Waals surface area contributed by atoms with E-state index in [2.05, 4.69) is 9.47 Å². The van der Waals surface area contributed by atoms with Gasteiger partial charge < -0.3 is 9.47 Å². The van der Waals surface area contributed by atoms with E-state index in [4.69, 9.17) is 0 Å². The first kappa shape index (κ1) is 10.2. The summed E-state index contributed by atoms with van der Waals surface area (Å²) >= 11 is 1.27. The van der Waals surface area contributed by atoms with Crippen molar-refractivity contribution >= 4 is 18.0 Å². The molecule has 0 saturated heterocycles. The van der Waals surface area contributed by atoms with Crippen molar-refractivity contribution in [1.29, 1.82) is 0 Å². The van der Waals surface area contributed by atoms with Gasteiger partial charge in [-0.05, 0) is 18.4 Å². The topological polar surface area (TPSA) is 35.5 Å². The summed E-state index contributed by atoms with van der Waals surface area (Å²) in [6, 6.07) is 2.61. The van der Waals surface area contributed by atoms with Gasteiger partial charge in [-0.3, -0.25) is 4.79 Å². The molecule has 0 radical (unpaired) electrons. The average Bonchev–Trinajstić information content (AvgIpc) is 2.48. The molecule has 0 bridgehead atoms. The van der Waals surface area contributed by atoms with Crippen molar-refractivity contribution in [3.05, 3.63) is 17.7 Å². The third kappa shape index (κ3) is 1.77. The van der Waals surface area contributed by atoms with Crippen LogP contribution >= 0.6 is 11.8 Å². The maximum absolute atomic E-state index is 12.7. The number of aldehydes is 1. The maximum atomic E-state index is 12.7. The molecule has 0 aliphatic carbocycles. The van der Waals surface area contributed by atoms with E-state index >= 15 is 0 Å². The van der Waals surface area contributed by atoms with Gasteiger partial charge in [-0.15, -0.1) is 20.5 Å². The van der Waals surface area contributed by atoms with Crippen LogP contribution in [0.2, 0.25) is 0 Å². The van der Waals surface area contributed by atoms with Gasteiger partial charge in [0.1, 0.15) is 0 Å². The highest BCUT2D eigenvalue weighted by molar-refractivity contribution is 7.98. The Balaban J connectivity index is 2.48.